The molecule has 1 aromatic heterocycles. The lowest BCUT2D eigenvalue weighted by molar-refractivity contribution is 0.344. The van der Waals surface area contributed by atoms with Gasteiger partial charge < -0.3 is 9.30 Å². The third-order valence-electron chi connectivity index (χ3n) is 4.52. The summed E-state index contributed by atoms with van der Waals surface area (Å²) in [6.45, 7) is 2.40. The zero-order chi connectivity index (χ0) is 20.4. The van der Waals surface area contributed by atoms with Crippen LogP contribution in [-0.2, 0) is 17.1 Å². The lowest BCUT2D eigenvalue weighted by atomic mass is 10.1. The molecule has 0 fully saturated rings. The first-order chi connectivity index (χ1) is 14.0. The van der Waals surface area contributed by atoms with Gasteiger partial charge in [-0.1, -0.05) is 36.4 Å². The van der Waals surface area contributed by atoms with Crippen molar-refractivity contribution in [1.29, 1.82) is 0 Å². The van der Waals surface area contributed by atoms with Crippen LogP contribution in [0.1, 0.15) is 6.92 Å². The summed E-state index contributed by atoms with van der Waals surface area (Å²) < 4.78 is 36.4. The summed E-state index contributed by atoms with van der Waals surface area (Å²) in [5.74, 6) is 1.31. The summed E-state index contributed by atoms with van der Waals surface area (Å²) in [5.41, 5.74) is 1.21. The Labute approximate surface area is 169 Å². The fourth-order valence-corrected chi connectivity index (χ4v) is 4.50. The molecule has 0 saturated heterocycles. The van der Waals surface area contributed by atoms with E-state index in [1.165, 1.54) is 0 Å². The van der Waals surface area contributed by atoms with Gasteiger partial charge >= 0.3 is 0 Å². The molecule has 0 amide bonds. The molecule has 4 rings (SSSR count). The van der Waals surface area contributed by atoms with Crippen molar-refractivity contribution in [3.8, 4) is 17.1 Å². The average Bonchev–Trinajstić information content (AvgIpc) is 3.14. The van der Waals surface area contributed by atoms with Crippen molar-refractivity contribution in [2.24, 2.45) is 7.05 Å². The highest BCUT2D eigenvalue weighted by molar-refractivity contribution is 7.93. The van der Waals surface area contributed by atoms with Gasteiger partial charge in [-0.25, -0.2) is 8.42 Å². The Morgan fingerprint density at radius 2 is 1.83 bits per heavy atom. The summed E-state index contributed by atoms with van der Waals surface area (Å²) in [4.78, 5) is 0.195. The number of aryl methyl sites for hydroxylation is 1. The van der Waals surface area contributed by atoms with Gasteiger partial charge in [-0.2, -0.15) is 0 Å². The van der Waals surface area contributed by atoms with Crippen LogP contribution in [-0.4, -0.2) is 29.8 Å². The Morgan fingerprint density at radius 1 is 1.03 bits per heavy atom. The van der Waals surface area contributed by atoms with E-state index < -0.39 is 10.0 Å². The van der Waals surface area contributed by atoms with Crippen molar-refractivity contribution in [3.63, 3.8) is 0 Å². The molecule has 0 atom stereocenters. The number of aromatic nitrogens is 3. The maximum absolute atomic E-state index is 13.2. The largest absolute Gasteiger partial charge is 0.493 e. The van der Waals surface area contributed by atoms with Gasteiger partial charge in [0.15, 0.2) is 5.82 Å². The standard InChI is InChI=1S/C21H20N4O3S/c1-3-28-19-11-12-20(18-10-5-4-9-17(18)19)29(26,27)24-16-8-6-7-15(13-16)21-23-22-14-25(21)2/h4-14,24H,3H2,1-2H3. The topological polar surface area (TPSA) is 86.1 Å². The lowest BCUT2D eigenvalue weighted by Crippen LogP contribution is -2.13. The predicted molar refractivity (Wildman–Crippen MR) is 112 cm³/mol. The minimum absolute atomic E-state index is 0.195. The van der Waals surface area contributed by atoms with Gasteiger partial charge in [-0.3, -0.25) is 4.72 Å². The van der Waals surface area contributed by atoms with E-state index in [2.05, 4.69) is 14.9 Å². The highest BCUT2D eigenvalue weighted by Crippen LogP contribution is 2.32. The molecule has 3 aromatic carbocycles. The van der Waals surface area contributed by atoms with Gasteiger partial charge in [-0.05, 0) is 31.2 Å². The highest BCUT2D eigenvalue weighted by Gasteiger charge is 2.19. The molecule has 0 aliphatic rings. The van der Waals surface area contributed by atoms with Gasteiger partial charge in [0.1, 0.15) is 12.1 Å². The zero-order valence-corrected chi connectivity index (χ0v) is 16.8. The molecular weight excluding hydrogens is 388 g/mol. The van der Waals surface area contributed by atoms with Crippen LogP contribution in [0.5, 0.6) is 5.75 Å². The van der Waals surface area contributed by atoms with Crippen LogP contribution in [0.2, 0.25) is 0 Å². The zero-order valence-electron chi connectivity index (χ0n) is 16.0. The van der Waals surface area contributed by atoms with Crippen LogP contribution in [0, 0.1) is 0 Å². The van der Waals surface area contributed by atoms with Gasteiger partial charge in [-0.15, -0.1) is 10.2 Å². The Balaban J connectivity index is 1.74. The molecule has 0 saturated carbocycles. The minimum atomic E-state index is -3.82. The fraction of sp³-hybridized carbons (Fsp3) is 0.143. The summed E-state index contributed by atoms with van der Waals surface area (Å²) in [5, 5.41) is 9.30. The Hall–Kier alpha value is -3.39. The average molecular weight is 408 g/mol. The van der Waals surface area contributed by atoms with Crippen molar-refractivity contribution >= 4 is 26.5 Å². The monoisotopic (exact) mass is 408 g/mol. The number of benzene rings is 3. The molecule has 0 unspecified atom stereocenters. The van der Waals surface area contributed by atoms with E-state index in [4.69, 9.17) is 4.74 Å². The van der Waals surface area contributed by atoms with Crippen LogP contribution >= 0.6 is 0 Å². The Morgan fingerprint density at radius 3 is 2.55 bits per heavy atom. The molecule has 7 nitrogen and oxygen atoms in total. The van der Waals surface area contributed by atoms with Crippen LogP contribution < -0.4 is 9.46 Å². The maximum Gasteiger partial charge on any atom is 0.262 e. The molecule has 1 heterocycles. The number of nitrogens with zero attached hydrogens (tertiary/aromatic N) is 3. The summed E-state index contributed by atoms with van der Waals surface area (Å²) in [7, 11) is -1.98. The molecule has 0 bridgehead atoms. The summed E-state index contributed by atoms with van der Waals surface area (Å²) in [6.07, 6.45) is 1.60. The van der Waals surface area contributed by atoms with Gasteiger partial charge in [0.2, 0.25) is 0 Å². The second-order valence-electron chi connectivity index (χ2n) is 6.49. The molecule has 29 heavy (non-hydrogen) atoms. The van der Waals surface area contributed by atoms with Crippen LogP contribution in [0.3, 0.4) is 0 Å². The highest BCUT2D eigenvalue weighted by atomic mass is 32.2. The third-order valence-corrected chi connectivity index (χ3v) is 5.96. The van der Waals surface area contributed by atoms with E-state index >= 15 is 0 Å². The number of ether oxygens (including phenoxy) is 1. The summed E-state index contributed by atoms with van der Waals surface area (Å²) >= 11 is 0. The molecule has 1 N–H and O–H groups in total. The molecule has 0 radical (unpaired) electrons. The molecular formula is C21H20N4O3S. The lowest BCUT2D eigenvalue weighted by Gasteiger charge is -2.14. The smallest absolute Gasteiger partial charge is 0.262 e. The first-order valence-corrected chi connectivity index (χ1v) is 10.6. The van der Waals surface area contributed by atoms with E-state index in [0.717, 1.165) is 10.9 Å². The Kier molecular flexibility index (Phi) is 4.94. The van der Waals surface area contributed by atoms with Crippen LogP contribution in [0.15, 0.2) is 71.9 Å². The van der Waals surface area contributed by atoms with Crippen LogP contribution in [0.25, 0.3) is 22.2 Å². The quantitative estimate of drug-likeness (QED) is 0.524. The normalized spacial score (nSPS) is 11.5. The molecule has 4 aromatic rings. The number of fused-ring (bicyclic) bond motifs is 1. The molecule has 8 heteroatoms. The molecule has 0 aliphatic carbocycles. The van der Waals surface area contributed by atoms with E-state index in [1.807, 2.05) is 38.2 Å². The van der Waals surface area contributed by atoms with Crippen molar-refractivity contribution in [1.82, 2.24) is 14.8 Å². The predicted octanol–water partition coefficient (Wildman–Crippen LogP) is 3.83. The number of hydrogen-bond acceptors (Lipinski definition) is 5. The number of nitrogens with one attached hydrogen (secondary N) is 1. The van der Waals surface area contributed by atoms with Crippen molar-refractivity contribution < 1.29 is 13.2 Å². The first kappa shape index (κ1) is 18.9. The number of anilines is 1. The van der Waals surface area contributed by atoms with Crippen molar-refractivity contribution in [2.45, 2.75) is 11.8 Å². The van der Waals surface area contributed by atoms with E-state index in [9.17, 15) is 8.42 Å². The third kappa shape index (κ3) is 3.66. The molecule has 148 valence electrons. The van der Waals surface area contributed by atoms with E-state index in [-0.39, 0.29) is 4.90 Å². The fourth-order valence-electron chi connectivity index (χ4n) is 3.24. The van der Waals surface area contributed by atoms with Crippen molar-refractivity contribution in [2.75, 3.05) is 11.3 Å². The van der Waals surface area contributed by atoms with Gasteiger partial charge in [0.05, 0.1) is 11.5 Å². The van der Waals surface area contributed by atoms with Crippen molar-refractivity contribution in [3.05, 3.63) is 67.0 Å². The van der Waals surface area contributed by atoms with E-state index in [0.29, 0.717) is 29.3 Å². The second-order valence-corrected chi connectivity index (χ2v) is 8.14. The summed E-state index contributed by atoms with van der Waals surface area (Å²) in [6, 6.07) is 17.6. The van der Waals surface area contributed by atoms with Gasteiger partial charge in [0.25, 0.3) is 10.0 Å². The first-order valence-electron chi connectivity index (χ1n) is 9.11. The Bertz CT molecular complexity index is 1280. The number of hydrogen-bond donors (Lipinski definition) is 1. The number of rotatable bonds is 6. The molecule has 0 spiro atoms. The minimum Gasteiger partial charge on any atom is -0.493 e. The molecule has 0 aliphatic heterocycles. The van der Waals surface area contributed by atoms with Crippen LogP contribution in [0.4, 0.5) is 5.69 Å². The van der Waals surface area contributed by atoms with Gasteiger partial charge in [0, 0.05) is 29.1 Å². The second kappa shape index (κ2) is 7.56. The number of sulfonamides is 1. The SMILES string of the molecule is CCOc1ccc(S(=O)(=O)Nc2cccc(-c3nncn3C)c2)c2ccccc12. The van der Waals surface area contributed by atoms with E-state index in [1.54, 1.807) is 47.3 Å². The maximum atomic E-state index is 13.2.